The average Bonchev–Trinajstić information content (AvgIpc) is 2.83. The molecular weight excluding hydrogens is 492 g/mol. The fourth-order valence-corrected chi connectivity index (χ4v) is 3.57. The van der Waals surface area contributed by atoms with Crippen LogP contribution >= 0.6 is 0 Å². The van der Waals surface area contributed by atoms with Gasteiger partial charge in [-0.25, -0.2) is 4.79 Å². The predicted octanol–water partition coefficient (Wildman–Crippen LogP) is 2.86. The number of aromatic hydroxyl groups is 1. The summed E-state index contributed by atoms with van der Waals surface area (Å²) in [4.78, 5) is 52.7. The van der Waals surface area contributed by atoms with Crippen molar-refractivity contribution in [2.45, 2.75) is 44.9 Å². The molecule has 0 radical (unpaired) electrons. The van der Waals surface area contributed by atoms with Crippen LogP contribution in [0.5, 0.6) is 11.5 Å². The molecular formula is C27H34N4O7. The Balaban J connectivity index is 2.50. The maximum atomic E-state index is 13.8. The topological polar surface area (TPSA) is 160 Å². The number of nitrogens with two attached hydrogens (primary N) is 1. The Morgan fingerprint density at radius 1 is 1.11 bits per heavy atom. The summed E-state index contributed by atoms with van der Waals surface area (Å²) in [6, 6.07) is 9.70. The van der Waals surface area contributed by atoms with Crippen molar-refractivity contribution >= 4 is 29.5 Å². The first-order chi connectivity index (χ1) is 17.9. The number of methoxy groups -OCH3 is 1. The standard InChI is InChI=1S/C27H34N4O7/c1-6-15-31(25(35)20(16-22(28)33)30-26(36)38-27(2,3)4)23(19-9-7-8-10-21(19)32)24(34)29-17-11-13-18(37-5)14-12-17/h6-14,20,23,32H,1,15-16H2,2-5H3,(H2,28,33)(H,29,34)(H,30,36). The molecule has 0 aliphatic carbocycles. The molecule has 11 nitrogen and oxygen atoms in total. The predicted molar refractivity (Wildman–Crippen MR) is 141 cm³/mol. The lowest BCUT2D eigenvalue weighted by Gasteiger charge is -2.33. The molecule has 4 amide bonds. The largest absolute Gasteiger partial charge is 0.508 e. The van der Waals surface area contributed by atoms with Crippen LogP contribution in [-0.2, 0) is 19.1 Å². The van der Waals surface area contributed by atoms with Gasteiger partial charge in [0.2, 0.25) is 11.8 Å². The van der Waals surface area contributed by atoms with E-state index >= 15 is 0 Å². The Kier molecular flexibility index (Phi) is 10.3. The number of benzene rings is 2. The molecule has 0 fully saturated rings. The fourth-order valence-electron chi connectivity index (χ4n) is 3.57. The summed E-state index contributed by atoms with van der Waals surface area (Å²) in [5.74, 6) is -2.00. The molecule has 38 heavy (non-hydrogen) atoms. The van der Waals surface area contributed by atoms with Gasteiger partial charge in [-0.15, -0.1) is 6.58 Å². The van der Waals surface area contributed by atoms with Gasteiger partial charge in [-0.2, -0.15) is 0 Å². The minimum Gasteiger partial charge on any atom is -0.508 e. The van der Waals surface area contributed by atoms with E-state index in [-0.39, 0.29) is 17.9 Å². The van der Waals surface area contributed by atoms with Crippen molar-refractivity contribution in [3.8, 4) is 11.5 Å². The third-order valence-electron chi connectivity index (χ3n) is 5.15. The maximum absolute atomic E-state index is 13.8. The second kappa shape index (κ2) is 13.1. The minimum atomic E-state index is -1.45. The van der Waals surface area contributed by atoms with Crippen LogP contribution in [0.25, 0.3) is 0 Å². The van der Waals surface area contributed by atoms with Crippen LogP contribution in [0, 0.1) is 0 Å². The van der Waals surface area contributed by atoms with Crippen molar-refractivity contribution in [3.05, 3.63) is 66.7 Å². The van der Waals surface area contributed by atoms with E-state index in [1.807, 2.05) is 0 Å². The quantitative estimate of drug-likeness (QED) is 0.327. The molecule has 204 valence electrons. The first-order valence-corrected chi connectivity index (χ1v) is 11.8. The van der Waals surface area contributed by atoms with E-state index in [2.05, 4.69) is 17.2 Å². The maximum Gasteiger partial charge on any atom is 0.408 e. The minimum absolute atomic E-state index is 0.115. The number of hydrogen-bond acceptors (Lipinski definition) is 7. The number of carbonyl (C=O) groups is 4. The van der Waals surface area contributed by atoms with Gasteiger partial charge in [0, 0.05) is 17.8 Å². The molecule has 0 spiro atoms. The van der Waals surface area contributed by atoms with Crippen LogP contribution < -0.4 is 21.1 Å². The molecule has 0 heterocycles. The molecule has 2 aromatic carbocycles. The van der Waals surface area contributed by atoms with Crippen molar-refractivity contribution in [3.63, 3.8) is 0 Å². The normalized spacial score (nSPS) is 12.4. The Bertz CT molecular complexity index is 1160. The van der Waals surface area contributed by atoms with E-state index in [4.69, 9.17) is 15.2 Å². The van der Waals surface area contributed by atoms with E-state index in [9.17, 15) is 24.3 Å². The second-order valence-corrected chi connectivity index (χ2v) is 9.33. The van der Waals surface area contributed by atoms with Crippen LogP contribution in [0.1, 0.15) is 38.8 Å². The molecule has 2 rings (SSSR count). The molecule has 0 aromatic heterocycles. The highest BCUT2D eigenvalue weighted by molar-refractivity contribution is 6.00. The van der Waals surface area contributed by atoms with Crippen LogP contribution in [0.15, 0.2) is 61.2 Å². The molecule has 0 saturated heterocycles. The number of primary amides is 1. The smallest absolute Gasteiger partial charge is 0.408 e. The summed E-state index contributed by atoms with van der Waals surface area (Å²) in [7, 11) is 1.51. The lowest BCUT2D eigenvalue weighted by atomic mass is 10.0. The molecule has 11 heteroatoms. The lowest BCUT2D eigenvalue weighted by Crippen LogP contribution is -2.53. The Labute approximate surface area is 221 Å². The molecule has 0 bridgehead atoms. The highest BCUT2D eigenvalue weighted by atomic mass is 16.6. The Hall–Kier alpha value is -4.54. The van der Waals surface area contributed by atoms with Gasteiger partial charge in [-0.05, 0) is 51.1 Å². The number of amides is 4. The average molecular weight is 527 g/mol. The Morgan fingerprint density at radius 2 is 1.74 bits per heavy atom. The van der Waals surface area contributed by atoms with Crippen LogP contribution in [0.4, 0.5) is 10.5 Å². The van der Waals surface area contributed by atoms with Gasteiger partial charge in [0.15, 0.2) is 0 Å². The zero-order valence-electron chi connectivity index (χ0n) is 21.9. The van der Waals surface area contributed by atoms with Gasteiger partial charge in [-0.3, -0.25) is 14.4 Å². The molecule has 2 aromatic rings. The summed E-state index contributed by atoms with van der Waals surface area (Å²) in [5, 5.41) is 15.7. The van der Waals surface area contributed by atoms with Gasteiger partial charge in [-0.1, -0.05) is 24.3 Å². The third-order valence-corrected chi connectivity index (χ3v) is 5.15. The van der Waals surface area contributed by atoms with E-state index in [1.165, 1.54) is 25.3 Å². The Morgan fingerprint density at radius 3 is 2.26 bits per heavy atom. The summed E-state index contributed by atoms with van der Waals surface area (Å²) in [6.07, 6.45) is -0.128. The van der Waals surface area contributed by atoms with Gasteiger partial charge < -0.3 is 35.8 Å². The van der Waals surface area contributed by atoms with Crippen molar-refractivity contribution < 1.29 is 33.8 Å². The van der Waals surface area contributed by atoms with Crippen LogP contribution in [0.2, 0.25) is 0 Å². The number of ether oxygens (including phenoxy) is 2. The third kappa shape index (κ3) is 8.54. The van der Waals surface area contributed by atoms with E-state index < -0.39 is 47.9 Å². The number of phenolic OH excluding ortho intramolecular Hbond substituents is 1. The van der Waals surface area contributed by atoms with Gasteiger partial charge in [0.25, 0.3) is 5.91 Å². The molecule has 0 aliphatic heterocycles. The van der Waals surface area contributed by atoms with E-state index in [0.717, 1.165) is 4.90 Å². The number of alkyl carbamates (subject to hydrolysis) is 1. The zero-order chi connectivity index (χ0) is 28.5. The van der Waals surface area contributed by atoms with Crippen LogP contribution in [0.3, 0.4) is 0 Å². The highest BCUT2D eigenvalue weighted by Crippen LogP contribution is 2.31. The van der Waals surface area contributed by atoms with Crippen molar-refractivity contribution in [1.82, 2.24) is 10.2 Å². The second-order valence-electron chi connectivity index (χ2n) is 9.33. The van der Waals surface area contributed by atoms with Gasteiger partial charge in [0.1, 0.15) is 29.2 Å². The highest BCUT2D eigenvalue weighted by Gasteiger charge is 2.37. The molecule has 2 atom stereocenters. The fraction of sp³-hybridized carbons (Fsp3) is 0.333. The lowest BCUT2D eigenvalue weighted by molar-refractivity contribution is -0.141. The molecule has 0 aliphatic rings. The number of nitrogens with one attached hydrogen (secondary N) is 2. The number of phenols is 1. The van der Waals surface area contributed by atoms with Gasteiger partial charge in [0.05, 0.1) is 13.5 Å². The summed E-state index contributed by atoms with van der Waals surface area (Å²) < 4.78 is 10.4. The van der Waals surface area contributed by atoms with E-state index in [1.54, 1.807) is 57.2 Å². The van der Waals surface area contributed by atoms with Crippen molar-refractivity contribution in [2.75, 3.05) is 19.0 Å². The monoisotopic (exact) mass is 526 g/mol. The van der Waals surface area contributed by atoms with Crippen molar-refractivity contribution in [1.29, 1.82) is 0 Å². The van der Waals surface area contributed by atoms with Crippen LogP contribution in [-0.4, -0.2) is 59.1 Å². The van der Waals surface area contributed by atoms with Gasteiger partial charge >= 0.3 is 6.09 Å². The first-order valence-electron chi connectivity index (χ1n) is 11.8. The first kappa shape index (κ1) is 29.7. The molecule has 2 unspecified atom stereocenters. The summed E-state index contributed by atoms with van der Waals surface area (Å²) in [6.45, 7) is 8.41. The number of hydrogen-bond donors (Lipinski definition) is 4. The summed E-state index contributed by atoms with van der Waals surface area (Å²) in [5.41, 5.74) is 5.00. The summed E-state index contributed by atoms with van der Waals surface area (Å²) >= 11 is 0. The number of anilines is 1. The SMILES string of the molecule is C=CCN(C(=O)C(CC(N)=O)NC(=O)OC(C)(C)C)C(C(=O)Nc1ccc(OC)cc1)c1ccccc1O. The molecule has 0 saturated carbocycles. The number of nitrogens with zero attached hydrogens (tertiary/aromatic N) is 1. The zero-order valence-corrected chi connectivity index (χ0v) is 21.9. The van der Waals surface area contributed by atoms with Crippen molar-refractivity contribution in [2.24, 2.45) is 5.73 Å². The number of carbonyl (C=O) groups excluding carboxylic acids is 4. The number of rotatable bonds is 11. The number of para-hydroxylation sites is 1. The molecule has 5 N–H and O–H groups in total. The van der Waals surface area contributed by atoms with E-state index in [0.29, 0.717) is 11.4 Å².